The largest absolute Gasteiger partial charge is 0.328 e. The predicted octanol–water partition coefficient (Wildman–Crippen LogP) is 3.40. The number of hydrogen-bond donors (Lipinski definition) is 1. The van der Waals surface area contributed by atoms with Gasteiger partial charge < -0.3 is 10.6 Å². The van der Waals surface area contributed by atoms with Crippen LogP contribution in [0.25, 0.3) is 0 Å². The smallest absolute Gasteiger partial charge is 0.00964 e. The Hall–Kier alpha value is -0.0800. The van der Waals surface area contributed by atoms with Gasteiger partial charge in [0.1, 0.15) is 0 Å². The molecule has 2 atom stereocenters. The van der Waals surface area contributed by atoms with E-state index < -0.39 is 0 Å². The molecule has 0 bridgehead atoms. The van der Waals surface area contributed by atoms with Crippen LogP contribution in [-0.4, -0.2) is 30.1 Å². The fourth-order valence-corrected chi connectivity index (χ4v) is 4.06. The van der Waals surface area contributed by atoms with Crippen molar-refractivity contribution in [2.24, 2.45) is 17.6 Å². The van der Waals surface area contributed by atoms with Crippen LogP contribution in [0.15, 0.2) is 0 Å². The van der Waals surface area contributed by atoms with Crippen LogP contribution in [0.4, 0.5) is 0 Å². The maximum atomic E-state index is 6.02. The second-order valence-corrected chi connectivity index (χ2v) is 6.79. The second kappa shape index (κ2) is 6.91. The molecular formula is C16H32N2. The van der Waals surface area contributed by atoms with Crippen LogP contribution in [0.2, 0.25) is 0 Å². The topological polar surface area (TPSA) is 29.3 Å². The van der Waals surface area contributed by atoms with Crippen molar-refractivity contribution in [2.75, 3.05) is 13.1 Å². The Bertz CT molecular complexity index is 233. The van der Waals surface area contributed by atoms with Crippen molar-refractivity contribution in [3.8, 4) is 0 Å². The number of nitrogens with zero attached hydrogens (tertiary/aromatic N) is 1. The van der Waals surface area contributed by atoms with Crippen molar-refractivity contribution in [1.29, 1.82) is 0 Å². The van der Waals surface area contributed by atoms with Gasteiger partial charge in [-0.1, -0.05) is 26.7 Å². The summed E-state index contributed by atoms with van der Waals surface area (Å²) in [5, 5.41) is 0. The van der Waals surface area contributed by atoms with Gasteiger partial charge in [-0.3, -0.25) is 0 Å². The van der Waals surface area contributed by atoms with Gasteiger partial charge in [-0.25, -0.2) is 0 Å². The molecule has 0 amide bonds. The number of nitrogens with two attached hydrogens (primary N) is 1. The molecule has 0 spiro atoms. The van der Waals surface area contributed by atoms with E-state index in [1.54, 1.807) is 0 Å². The fraction of sp³-hybridized carbons (Fsp3) is 1.00. The van der Waals surface area contributed by atoms with Gasteiger partial charge in [0.25, 0.3) is 0 Å². The van der Waals surface area contributed by atoms with Gasteiger partial charge in [-0.15, -0.1) is 0 Å². The molecule has 0 aliphatic heterocycles. The summed E-state index contributed by atoms with van der Waals surface area (Å²) in [5.41, 5.74) is 6.02. The molecule has 2 unspecified atom stereocenters. The van der Waals surface area contributed by atoms with Crippen molar-refractivity contribution < 1.29 is 0 Å². The minimum absolute atomic E-state index is 0.481. The normalized spacial score (nSPS) is 38.0. The van der Waals surface area contributed by atoms with Crippen molar-refractivity contribution in [3.05, 3.63) is 0 Å². The Morgan fingerprint density at radius 3 is 2.39 bits per heavy atom. The summed E-state index contributed by atoms with van der Waals surface area (Å²) in [7, 11) is 0. The number of hydrogen-bond acceptors (Lipinski definition) is 2. The molecule has 18 heavy (non-hydrogen) atoms. The van der Waals surface area contributed by atoms with E-state index in [1.165, 1.54) is 64.5 Å². The second-order valence-electron chi connectivity index (χ2n) is 6.79. The Morgan fingerprint density at radius 2 is 1.78 bits per heavy atom. The number of rotatable bonds is 4. The summed E-state index contributed by atoms with van der Waals surface area (Å²) < 4.78 is 0. The van der Waals surface area contributed by atoms with Gasteiger partial charge in [0.05, 0.1) is 0 Å². The molecule has 2 rings (SSSR count). The first-order valence-electron chi connectivity index (χ1n) is 8.18. The van der Waals surface area contributed by atoms with E-state index in [-0.39, 0.29) is 0 Å². The van der Waals surface area contributed by atoms with Gasteiger partial charge in [-0.05, 0) is 56.9 Å². The van der Waals surface area contributed by atoms with Crippen LogP contribution in [0.3, 0.4) is 0 Å². The van der Waals surface area contributed by atoms with E-state index >= 15 is 0 Å². The zero-order chi connectivity index (χ0) is 13.0. The fourth-order valence-electron chi connectivity index (χ4n) is 4.06. The van der Waals surface area contributed by atoms with Crippen LogP contribution < -0.4 is 5.73 Å². The molecular weight excluding hydrogens is 220 g/mol. The molecule has 2 aliphatic rings. The molecule has 2 aliphatic carbocycles. The summed E-state index contributed by atoms with van der Waals surface area (Å²) in [6.45, 7) is 7.34. The molecule has 2 saturated carbocycles. The Kier molecular flexibility index (Phi) is 5.50. The van der Waals surface area contributed by atoms with E-state index in [0.29, 0.717) is 6.04 Å². The lowest BCUT2D eigenvalue weighted by Crippen LogP contribution is -2.43. The molecule has 2 heteroatoms. The first kappa shape index (κ1) is 14.3. The lowest BCUT2D eigenvalue weighted by atomic mass is 9.81. The highest BCUT2D eigenvalue weighted by Crippen LogP contribution is 2.31. The highest BCUT2D eigenvalue weighted by molar-refractivity contribution is 4.83. The summed E-state index contributed by atoms with van der Waals surface area (Å²) in [5.74, 6) is 1.92. The van der Waals surface area contributed by atoms with Gasteiger partial charge in [0.2, 0.25) is 0 Å². The van der Waals surface area contributed by atoms with Crippen LogP contribution in [0, 0.1) is 11.8 Å². The monoisotopic (exact) mass is 252 g/mol. The van der Waals surface area contributed by atoms with Gasteiger partial charge >= 0.3 is 0 Å². The first-order valence-corrected chi connectivity index (χ1v) is 8.18. The Balaban J connectivity index is 1.81. The van der Waals surface area contributed by atoms with Crippen molar-refractivity contribution in [2.45, 2.75) is 77.3 Å². The minimum Gasteiger partial charge on any atom is -0.328 e. The van der Waals surface area contributed by atoms with Crippen molar-refractivity contribution in [1.82, 2.24) is 4.90 Å². The zero-order valence-electron chi connectivity index (χ0n) is 12.4. The lowest BCUT2D eigenvalue weighted by molar-refractivity contribution is 0.114. The minimum atomic E-state index is 0.481. The first-order chi connectivity index (χ1) is 8.69. The van der Waals surface area contributed by atoms with E-state index in [1.807, 2.05) is 0 Å². The molecule has 2 nitrogen and oxygen atoms in total. The van der Waals surface area contributed by atoms with Crippen LogP contribution in [0.1, 0.15) is 65.2 Å². The van der Waals surface area contributed by atoms with E-state index in [4.69, 9.17) is 5.73 Å². The molecule has 2 N–H and O–H groups in total. The summed E-state index contributed by atoms with van der Waals surface area (Å²) in [4.78, 5) is 2.76. The van der Waals surface area contributed by atoms with Gasteiger partial charge in [0, 0.05) is 18.6 Å². The maximum absolute atomic E-state index is 6.02. The molecule has 0 radical (unpaired) electrons. The summed E-state index contributed by atoms with van der Waals surface area (Å²) >= 11 is 0. The van der Waals surface area contributed by atoms with Gasteiger partial charge in [0.15, 0.2) is 0 Å². The quantitative estimate of drug-likeness (QED) is 0.831. The average molecular weight is 252 g/mol. The van der Waals surface area contributed by atoms with Crippen LogP contribution >= 0.6 is 0 Å². The third-order valence-corrected chi connectivity index (χ3v) is 5.20. The zero-order valence-corrected chi connectivity index (χ0v) is 12.4. The Morgan fingerprint density at radius 1 is 1.06 bits per heavy atom. The highest BCUT2D eigenvalue weighted by atomic mass is 15.2. The highest BCUT2D eigenvalue weighted by Gasteiger charge is 2.27. The van der Waals surface area contributed by atoms with Crippen molar-refractivity contribution >= 4 is 0 Å². The van der Waals surface area contributed by atoms with Crippen LogP contribution in [0.5, 0.6) is 0 Å². The maximum Gasteiger partial charge on any atom is 0.00964 e. The predicted molar refractivity (Wildman–Crippen MR) is 78.6 cm³/mol. The molecule has 0 aromatic heterocycles. The lowest BCUT2D eigenvalue weighted by Gasteiger charge is -2.39. The van der Waals surface area contributed by atoms with Crippen molar-refractivity contribution in [3.63, 3.8) is 0 Å². The Labute approximate surface area is 113 Å². The van der Waals surface area contributed by atoms with E-state index in [2.05, 4.69) is 18.7 Å². The van der Waals surface area contributed by atoms with Gasteiger partial charge in [-0.2, -0.15) is 0 Å². The summed E-state index contributed by atoms with van der Waals surface area (Å²) in [6.07, 6.45) is 11.0. The van der Waals surface area contributed by atoms with Crippen LogP contribution in [-0.2, 0) is 0 Å². The third kappa shape index (κ3) is 3.96. The average Bonchev–Trinajstić information content (AvgIpc) is 2.37. The molecule has 2 fully saturated rings. The molecule has 0 heterocycles. The standard InChI is InChI=1S/C16H32N2/c1-3-18(16-9-7-15(17)8-10-16)12-14-6-4-5-13(2)11-14/h13-16H,3-12,17H2,1-2H3. The van der Waals surface area contributed by atoms with E-state index in [0.717, 1.165) is 17.9 Å². The molecule has 106 valence electrons. The molecule has 0 aromatic rings. The molecule has 0 saturated heterocycles. The third-order valence-electron chi connectivity index (χ3n) is 5.20. The summed E-state index contributed by atoms with van der Waals surface area (Å²) in [6, 6.07) is 1.31. The SMILES string of the molecule is CCN(CC1CCCC(C)C1)C1CCC(N)CC1. The van der Waals surface area contributed by atoms with E-state index in [9.17, 15) is 0 Å². The molecule has 0 aromatic carbocycles.